The Hall–Kier alpha value is -1.79. The van der Waals surface area contributed by atoms with E-state index in [4.69, 9.17) is 15.3 Å². The van der Waals surface area contributed by atoms with E-state index in [1.807, 2.05) is 6.07 Å². The van der Waals surface area contributed by atoms with Crippen molar-refractivity contribution in [3.05, 3.63) is 18.2 Å². The first-order chi connectivity index (χ1) is 11.0. The Morgan fingerprint density at radius 2 is 2.17 bits per heavy atom. The van der Waals surface area contributed by atoms with Crippen LogP contribution in [0.1, 0.15) is 33.1 Å². The van der Waals surface area contributed by atoms with Gasteiger partial charge in [-0.3, -0.25) is 10.6 Å². The molecule has 1 amide bonds. The van der Waals surface area contributed by atoms with Gasteiger partial charge in [0.05, 0.1) is 13.7 Å². The summed E-state index contributed by atoms with van der Waals surface area (Å²) in [6.45, 7) is 5.50. The molecule has 1 fully saturated rings. The molecular weight excluding hydrogens is 294 g/mol. The number of hydrogen-bond acceptors (Lipinski definition) is 5. The number of methoxy groups -OCH3 is 1. The molecule has 0 radical (unpaired) electrons. The third-order valence-corrected chi connectivity index (χ3v) is 3.85. The molecule has 0 aromatic heterocycles. The lowest BCUT2D eigenvalue weighted by molar-refractivity contribution is -0.122. The van der Waals surface area contributed by atoms with Gasteiger partial charge in [-0.05, 0) is 37.3 Å². The number of hydrogen-bond donors (Lipinski definition) is 2. The quantitative estimate of drug-likeness (QED) is 0.787. The number of amides is 1. The van der Waals surface area contributed by atoms with Gasteiger partial charge >= 0.3 is 0 Å². The summed E-state index contributed by atoms with van der Waals surface area (Å²) in [6, 6.07) is 5.13. The minimum Gasteiger partial charge on any atom is -0.493 e. The number of piperidine rings is 1. The molecule has 128 valence electrons. The first-order valence-corrected chi connectivity index (χ1v) is 8.14. The fourth-order valence-corrected chi connectivity index (χ4v) is 2.58. The van der Waals surface area contributed by atoms with Crippen molar-refractivity contribution in [1.82, 2.24) is 5.01 Å². The molecule has 23 heavy (non-hydrogen) atoms. The van der Waals surface area contributed by atoms with Gasteiger partial charge in [-0.25, -0.2) is 5.01 Å². The second kappa shape index (κ2) is 8.17. The van der Waals surface area contributed by atoms with Gasteiger partial charge in [-0.1, -0.05) is 13.8 Å². The van der Waals surface area contributed by atoms with Crippen LogP contribution in [-0.2, 0) is 4.79 Å². The van der Waals surface area contributed by atoms with E-state index < -0.39 is 0 Å². The predicted molar refractivity (Wildman–Crippen MR) is 90.5 cm³/mol. The molecule has 6 nitrogen and oxygen atoms in total. The zero-order valence-corrected chi connectivity index (χ0v) is 14.2. The van der Waals surface area contributed by atoms with Gasteiger partial charge in [0.25, 0.3) is 0 Å². The Balaban J connectivity index is 2.06. The van der Waals surface area contributed by atoms with Crippen molar-refractivity contribution in [2.24, 2.45) is 11.8 Å². The van der Waals surface area contributed by atoms with Crippen molar-refractivity contribution in [2.45, 2.75) is 39.2 Å². The molecule has 1 heterocycles. The van der Waals surface area contributed by atoms with Crippen LogP contribution in [0.3, 0.4) is 0 Å². The summed E-state index contributed by atoms with van der Waals surface area (Å²) in [7, 11) is 1.60. The molecule has 0 aliphatic carbocycles. The fraction of sp³-hybridized carbons (Fsp3) is 0.588. The van der Waals surface area contributed by atoms with E-state index in [0.717, 1.165) is 25.8 Å². The van der Waals surface area contributed by atoms with Gasteiger partial charge < -0.3 is 14.8 Å². The molecule has 0 bridgehead atoms. The van der Waals surface area contributed by atoms with Gasteiger partial charge in [0.15, 0.2) is 11.5 Å². The van der Waals surface area contributed by atoms with Crippen LogP contribution in [0, 0.1) is 5.92 Å². The van der Waals surface area contributed by atoms with Gasteiger partial charge in [0.2, 0.25) is 5.91 Å². The second-order valence-electron chi connectivity index (χ2n) is 6.31. The van der Waals surface area contributed by atoms with Gasteiger partial charge in [-0.15, -0.1) is 0 Å². The largest absolute Gasteiger partial charge is 0.493 e. The van der Waals surface area contributed by atoms with Crippen molar-refractivity contribution < 1.29 is 14.3 Å². The van der Waals surface area contributed by atoms with E-state index in [1.54, 1.807) is 24.3 Å². The predicted octanol–water partition coefficient (Wildman–Crippen LogP) is 2.40. The van der Waals surface area contributed by atoms with Crippen LogP contribution < -0.4 is 20.6 Å². The Kier molecular flexibility index (Phi) is 6.24. The first-order valence-electron chi connectivity index (χ1n) is 8.14. The average molecular weight is 321 g/mol. The van der Waals surface area contributed by atoms with E-state index in [1.165, 1.54) is 0 Å². The molecular formula is C17H27N3O3. The summed E-state index contributed by atoms with van der Waals surface area (Å²) in [5.41, 5.74) is 0.688. The molecule has 1 atom stereocenters. The lowest BCUT2D eigenvalue weighted by Crippen LogP contribution is -2.50. The molecule has 1 saturated heterocycles. The highest BCUT2D eigenvalue weighted by molar-refractivity contribution is 5.95. The van der Waals surface area contributed by atoms with E-state index in [0.29, 0.717) is 29.7 Å². The van der Waals surface area contributed by atoms with Crippen molar-refractivity contribution in [2.75, 3.05) is 25.6 Å². The van der Waals surface area contributed by atoms with Crippen LogP contribution in [0.25, 0.3) is 0 Å². The number of hydrazine groups is 1. The number of carbonyl (C=O) groups excluding carboxylic acids is 1. The highest BCUT2D eigenvalue weighted by atomic mass is 16.5. The maximum absolute atomic E-state index is 12.4. The highest BCUT2D eigenvalue weighted by Gasteiger charge is 2.26. The van der Waals surface area contributed by atoms with Gasteiger partial charge in [0.1, 0.15) is 6.04 Å². The Morgan fingerprint density at radius 1 is 1.39 bits per heavy atom. The maximum atomic E-state index is 12.4. The minimum absolute atomic E-state index is 0.0767. The summed E-state index contributed by atoms with van der Waals surface area (Å²) in [4.78, 5) is 12.4. The Labute approximate surface area is 137 Å². The maximum Gasteiger partial charge on any atom is 0.243 e. The van der Waals surface area contributed by atoms with E-state index in [9.17, 15) is 4.79 Å². The van der Waals surface area contributed by atoms with Gasteiger partial charge in [-0.2, -0.15) is 0 Å². The standard InChI is InChI=1S/C17H27N3O3/c1-12(2)11-23-16-10-13(7-8-15(16)22-3)19-17(21)14-6-4-5-9-20(14)18/h7-8,10,12,14H,4-6,9,11,18H2,1-3H3,(H,19,21)/t14-/m0/s1. The molecule has 1 aliphatic rings. The topological polar surface area (TPSA) is 76.8 Å². The molecule has 0 saturated carbocycles. The summed E-state index contributed by atoms with van der Waals surface area (Å²) >= 11 is 0. The molecule has 1 aromatic carbocycles. The van der Waals surface area contributed by atoms with Crippen molar-refractivity contribution in [1.29, 1.82) is 0 Å². The number of rotatable bonds is 6. The molecule has 1 aliphatic heterocycles. The van der Waals surface area contributed by atoms with E-state index in [-0.39, 0.29) is 11.9 Å². The monoisotopic (exact) mass is 321 g/mol. The zero-order chi connectivity index (χ0) is 16.8. The first kappa shape index (κ1) is 17.6. The smallest absolute Gasteiger partial charge is 0.243 e. The van der Waals surface area contributed by atoms with E-state index >= 15 is 0 Å². The normalized spacial score (nSPS) is 18.7. The summed E-state index contributed by atoms with van der Waals surface area (Å²) < 4.78 is 11.1. The van der Waals surface area contributed by atoms with Gasteiger partial charge in [0, 0.05) is 18.3 Å². The summed E-state index contributed by atoms with van der Waals surface area (Å²) in [5, 5.41) is 4.55. The number of benzene rings is 1. The minimum atomic E-state index is -0.272. The average Bonchev–Trinajstić information content (AvgIpc) is 2.53. The van der Waals surface area contributed by atoms with Crippen LogP contribution in [0.15, 0.2) is 18.2 Å². The summed E-state index contributed by atoms with van der Waals surface area (Å²) in [6.07, 6.45) is 2.85. The number of nitrogens with zero attached hydrogens (tertiary/aromatic N) is 1. The second-order valence-corrected chi connectivity index (χ2v) is 6.31. The Morgan fingerprint density at radius 3 is 2.83 bits per heavy atom. The highest BCUT2D eigenvalue weighted by Crippen LogP contribution is 2.31. The number of anilines is 1. The Bertz CT molecular complexity index is 534. The van der Waals surface area contributed by atoms with Crippen molar-refractivity contribution in [3.8, 4) is 11.5 Å². The van der Waals surface area contributed by atoms with E-state index in [2.05, 4.69) is 19.2 Å². The van der Waals surface area contributed by atoms with Crippen LogP contribution in [0.4, 0.5) is 5.69 Å². The molecule has 0 unspecified atom stereocenters. The van der Waals surface area contributed by atoms with Crippen LogP contribution >= 0.6 is 0 Å². The lowest BCUT2D eigenvalue weighted by Gasteiger charge is -2.30. The fourth-order valence-electron chi connectivity index (χ4n) is 2.58. The molecule has 6 heteroatoms. The SMILES string of the molecule is COc1ccc(NC(=O)[C@@H]2CCCCN2N)cc1OCC(C)C. The van der Waals surface area contributed by atoms with Crippen LogP contribution in [-0.4, -0.2) is 37.2 Å². The number of carbonyl (C=O) groups is 1. The molecule has 2 rings (SSSR count). The lowest BCUT2D eigenvalue weighted by atomic mass is 10.0. The molecule has 0 spiro atoms. The third kappa shape index (κ3) is 4.84. The number of nitrogens with one attached hydrogen (secondary N) is 1. The van der Waals surface area contributed by atoms with Crippen molar-refractivity contribution in [3.63, 3.8) is 0 Å². The van der Waals surface area contributed by atoms with Crippen LogP contribution in [0.2, 0.25) is 0 Å². The number of ether oxygens (including phenoxy) is 2. The summed E-state index contributed by atoms with van der Waals surface area (Å²) in [5.74, 6) is 7.54. The molecule has 1 aromatic rings. The third-order valence-electron chi connectivity index (χ3n) is 3.85. The molecule has 3 N–H and O–H groups in total. The number of nitrogens with two attached hydrogens (primary N) is 1. The zero-order valence-electron chi connectivity index (χ0n) is 14.2. The van der Waals surface area contributed by atoms with Crippen molar-refractivity contribution >= 4 is 11.6 Å². The van der Waals surface area contributed by atoms with Crippen LogP contribution in [0.5, 0.6) is 11.5 Å².